The van der Waals surface area contributed by atoms with Crippen molar-refractivity contribution in [2.45, 2.75) is 19.8 Å². The Morgan fingerprint density at radius 2 is 2.16 bits per heavy atom. The lowest BCUT2D eigenvalue weighted by atomic mass is 10.3. The molecule has 1 rings (SSSR count). The summed E-state index contributed by atoms with van der Waals surface area (Å²) in [6.07, 6.45) is 1.78. The number of carbonyl (C=O) groups is 2. The second-order valence-corrected chi connectivity index (χ2v) is 4.88. The first-order chi connectivity index (χ1) is 9.10. The number of hydrogen-bond donors (Lipinski definition) is 3. The Hall–Kier alpha value is -1.60. The van der Waals surface area contributed by atoms with Gasteiger partial charge in [-0.1, -0.05) is 13.3 Å². The normalized spacial score (nSPS) is 10.2. The van der Waals surface area contributed by atoms with Gasteiger partial charge in [0.25, 0.3) is 0 Å². The van der Waals surface area contributed by atoms with Gasteiger partial charge in [-0.25, -0.2) is 9.59 Å². The molecule has 0 aliphatic carbocycles. The lowest BCUT2D eigenvalue weighted by Crippen LogP contribution is -2.37. The molecule has 1 aromatic heterocycles. The van der Waals surface area contributed by atoms with Crippen LogP contribution >= 0.6 is 11.3 Å². The number of nitrogens with one attached hydrogen (secondary N) is 1. The van der Waals surface area contributed by atoms with E-state index in [4.69, 9.17) is 10.2 Å². The minimum absolute atomic E-state index is 0.0813. The molecule has 7 heteroatoms. The maximum Gasteiger partial charge on any atom is 0.338 e. The average Bonchev–Trinajstić information content (AvgIpc) is 2.82. The van der Waals surface area contributed by atoms with Crippen LogP contribution in [0.15, 0.2) is 11.4 Å². The number of carbonyl (C=O) groups excluding carboxylic acids is 1. The van der Waals surface area contributed by atoms with Crippen LogP contribution < -0.4 is 5.32 Å². The number of rotatable bonds is 7. The van der Waals surface area contributed by atoms with Gasteiger partial charge in [-0.05, 0) is 17.9 Å². The lowest BCUT2D eigenvalue weighted by Gasteiger charge is -2.21. The number of unbranched alkanes of at least 4 members (excludes halogenated alkanes) is 1. The molecule has 19 heavy (non-hydrogen) atoms. The number of urea groups is 1. The van der Waals surface area contributed by atoms with E-state index in [1.165, 1.54) is 11.0 Å². The lowest BCUT2D eigenvalue weighted by molar-refractivity contribution is 0.0698. The number of hydrogen-bond acceptors (Lipinski definition) is 4. The summed E-state index contributed by atoms with van der Waals surface area (Å²) in [6.45, 7) is 2.67. The van der Waals surface area contributed by atoms with Crippen molar-refractivity contribution in [3.8, 4) is 0 Å². The molecule has 3 N–H and O–H groups in total. The van der Waals surface area contributed by atoms with Crippen LogP contribution in [0.25, 0.3) is 0 Å². The summed E-state index contributed by atoms with van der Waals surface area (Å²) in [4.78, 5) is 24.4. The zero-order valence-corrected chi connectivity index (χ0v) is 11.6. The molecular weight excluding hydrogens is 268 g/mol. The molecule has 1 heterocycles. The van der Waals surface area contributed by atoms with E-state index in [0.29, 0.717) is 11.5 Å². The summed E-state index contributed by atoms with van der Waals surface area (Å²) < 4.78 is 0. The molecule has 0 radical (unpaired) electrons. The van der Waals surface area contributed by atoms with Gasteiger partial charge in [-0.3, -0.25) is 5.32 Å². The van der Waals surface area contributed by atoms with E-state index >= 15 is 0 Å². The van der Waals surface area contributed by atoms with E-state index in [0.717, 1.165) is 24.2 Å². The zero-order chi connectivity index (χ0) is 14.3. The third-order valence-corrected chi connectivity index (χ3v) is 3.38. The Bertz CT molecular complexity index is 433. The Kier molecular flexibility index (Phi) is 6.31. The number of amides is 2. The average molecular weight is 286 g/mol. The predicted molar refractivity (Wildman–Crippen MR) is 73.9 cm³/mol. The monoisotopic (exact) mass is 286 g/mol. The molecule has 1 aromatic rings. The maximum absolute atomic E-state index is 12.0. The molecule has 0 saturated heterocycles. The summed E-state index contributed by atoms with van der Waals surface area (Å²) in [6, 6.07) is 1.07. The van der Waals surface area contributed by atoms with Gasteiger partial charge in [-0.15, -0.1) is 11.3 Å². The fourth-order valence-corrected chi connectivity index (χ4v) is 2.30. The SMILES string of the molecule is CCCCN(CCO)C(=O)Nc1sccc1C(=O)O. The smallest absolute Gasteiger partial charge is 0.338 e. The first-order valence-electron chi connectivity index (χ1n) is 6.07. The highest BCUT2D eigenvalue weighted by atomic mass is 32.1. The Balaban J connectivity index is 2.69. The Morgan fingerprint density at radius 1 is 1.42 bits per heavy atom. The second kappa shape index (κ2) is 7.75. The highest BCUT2D eigenvalue weighted by Gasteiger charge is 2.17. The largest absolute Gasteiger partial charge is 0.478 e. The number of carboxylic acid groups (broad SMARTS) is 1. The van der Waals surface area contributed by atoms with Crippen LogP contribution in [-0.2, 0) is 0 Å². The second-order valence-electron chi connectivity index (χ2n) is 3.96. The fraction of sp³-hybridized carbons (Fsp3) is 0.500. The third kappa shape index (κ3) is 4.53. The van der Waals surface area contributed by atoms with Crippen molar-refractivity contribution in [2.24, 2.45) is 0 Å². The van der Waals surface area contributed by atoms with Gasteiger partial charge < -0.3 is 15.1 Å². The number of anilines is 1. The summed E-state index contributed by atoms with van der Waals surface area (Å²) in [5, 5.41) is 22.4. The van der Waals surface area contributed by atoms with Crippen LogP contribution in [0.4, 0.5) is 9.80 Å². The van der Waals surface area contributed by atoms with Gasteiger partial charge in [0.2, 0.25) is 0 Å². The van der Waals surface area contributed by atoms with E-state index in [2.05, 4.69) is 5.32 Å². The van der Waals surface area contributed by atoms with Crippen LogP contribution in [0.5, 0.6) is 0 Å². The van der Waals surface area contributed by atoms with Gasteiger partial charge in [0.1, 0.15) is 5.00 Å². The number of nitrogens with zero attached hydrogens (tertiary/aromatic N) is 1. The number of aromatic carboxylic acids is 1. The van der Waals surface area contributed by atoms with Crippen molar-refractivity contribution in [2.75, 3.05) is 25.0 Å². The van der Waals surface area contributed by atoms with Crippen molar-refractivity contribution in [1.82, 2.24) is 4.90 Å². The molecule has 0 aromatic carbocycles. The van der Waals surface area contributed by atoms with Gasteiger partial charge in [0.05, 0.1) is 12.2 Å². The molecule has 0 atom stereocenters. The van der Waals surface area contributed by atoms with Crippen molar-refractivity contribution in [3.63, 3.8) is 0 Å². The Morgan fingerprint density at radius 3 is 2.74 bits per heavy atom. The molecule has 0 bridgehead atoms. The number of aliphatic hydroxyl groups excluding tert-OH is 1. The van der Waals surface area contributed by atoms with Crippen molar-refractivity contribution in [3.05, 3.63) is 17.0 Å². The minimum atomic E-state index is -1.07. The van der Waals surface area contributed by atoms with E-state index in [9.17, 15) is 9.59 Å². The molecule has 0 fully saturated rings. The summed E-state index contributed by atoms with van der Waals surface area (Å²) >= 11 is 1.16. The van der Waals surface area contributed by atoms with Gasteiger partial charge in [0, 0.05) is 13.1 Å². The summed E-state index contributed by atoms with van der Waals surface area (Å²) in [7, 11) is 0. The van der Waals surface area contributed by atoms with Crippen LogP contribution in [0, 0.1) is 0 Å². The molecule has 0 aliphatic rings. The van der Waals surface area contributed by atoms with Crippen molar-refractivity contribution >= 4 is 28.3 Å². The van der Waals surface area contributed by atoms with Crippen LogP contribution in [-0.4, -0.2) is 46.8 Å². The van der Waals surface area contributed by atoms with Crippen molar-refractivity contribution in [1.29, 1.82) is 0 Å². The van der Waals surface area contributed by atoms with E-state index in [1.807, 2.05) is 6.92 Å². The first-order valence-corrected chi connectivity index (χ1v) is 6.95. The summed E-state index contributed by atoms with van der Waals surface area (Å²) in [5.41, 5.74) is 0.0813. The first kappa shape index (κ1) is 15.5. The minimum Gasteiger partial charge on any atom is -0.478 e. The van der Waals surface area contributed by atoms with Gasteiger partial charge >= 0.3 is 12.0 Å². The van der Waals surface area contributed by atoms with Crippen molar-refractivity contribution < 1.29 is 19.8 Å². The molecule has 106 valence electrons. The maximum atomic E-state index is 12.0. The van der Waals surface area contributed by atoms with E-state index < -0.39 is 5.97 Å². The molecule has 6 nitrogen and oxygen atoms in total. The molecule has 0 saturated carbocycles. The quantitative estimate of drug-likeness (QED) is 0.715. The van der Waals surface area contributed by atoms with Gasteiger partial charge in [0.15, 0.2) is 0 Å². The van der Waals surface area contributed by atoms with E-state index in [1.54, 1.807) is 5.38 Å². The highest BCUT2D eigenvalue weighted by Crippen LogP contribution is 2.23. The molecule has 2 amide bonds. The molecule has 0 unspecified atom stereocenters. The van der Waals surface area contributed by atoms with Crippen LogP contribution in [0.3, 0.4) is 0 Å². The number of thiophene rings is 1. The predicted octanol–water partition coefficient (Wildman–Crippen LogP) is 2.07. The zero-order valence-electron chi connectivity index (χ0n) is 10.8. The number of aliphatic hydroxyl groups is 1. The van der Waals surface area contributed by atoms with Crippen LogP contribution in [0.1, 0.15) is 30.1 Å². The molecule has 0 spiro atoms. The Labute approximate surface area is 115 Å². The van der Waals surface area contributed by atoms with Gasteiger partial charge in [-0.2, -0.15) is 0 Å². The summed E-state index contributed by atoms with van der Waals surface area (Å²) in [5.74, 6) is -1.07. The third-order valence-electron chi connectivity index (χ3n) is 2.55. The van der Waals surface area contributed by atoms with E-state index in [-0.39, 0.29) is 24.7 Å². The molecule has 0 aliphatic heterocycles. The topological polar surface area (TPSA) is 89.9 Å². The highest BCUT2D eigenvalue weighted by molar-refractivity contribution is 7.14. The standard InChI is InChI=1S/C12H18N2O4S/c1-2-3-5-14(6-7-15)12(18)13-10-9(11(16)17)4-8-19-10/h4,8,15H,2-3,5-7H2,1H3,(H,13,18)(H,16,17). The fourth-order valence-electron chi connectivity index (χ4n) is 1.54. The number of carboxylic acids is 1. The van der Waals surface area contributed by atoms with Crippen LogP contribution in [0.2, 0.25) is 0 Å². The molecular formula is C12H18N2O4S.